The van der Waals surface area contributed by atoms with E-state index in [1.54, 1.807) is 0 Å². The molecule has 0 unspecified atom stereocenters. The van der Waals surface area contributed by atoms with Crippen molar-refractivity contribution in [3.63, 3.8) is 0 Å². The lowest BCUT2D eigenvalue weighted by atomic mass is 10.6. The summed E-state index contributed by atoms with van der Waals surface area (Å²) in [6, 6.07) is 0. The summed E-state index contributed by atoms with van der Waals surface area (Å²) in [5.41, 5.74) is 0. The molecule has 2 amide bonds. The van der Waals surface area contributed by atoms with Gasteiger partial charge in [0.15, 0.2) is 10.1 Å². The number of carbonyl (C=O) groups is 2. The number of ether oxygens (including phenoxy) is 2. The van der Waals surface area contributed by atoms with E-state index in [9.17, 15) is 29.8 Å². The predicted molar refractivity (Wildman–Crippen MR) is 52.2 cm³/mol. The van der Waals surface area contributed by atoms with Crippen molar-refractivity contribution >= 4 is 12.2 Å². The number of amides is 2. The second kappa shape index (κ2) is 6.82. The molecule has 0 radical (unpaired) electrons. The zero-order valence-electron chi connectivity index (χ0n) is 9.47. The third-order valence-electron chi connectivity index (χ3n) is 1.69. The van der Waals surface area contributed by atoms with Gasteiger partial charge in [0.1, 0.15) is 13.1 Å². The monoisotopic (exact) mass is 266 g/mol. The molecular weight excluding hydrogens is 256 g/mol. The van der Waals surface area contributed by atoms with Crippen molar-refractivity contribution in [2.75, 3.05) is 27.3 Å². The first-order valence-electron chi connectivity index (χ1n) is 4.34. The molecule has 0 aliphatic heterocycles. The minimum absolute atomic E-state index is 0.0144. The first-order valence-corrected chi connectivity index (χ1v) is 4.34. The molecule has 0 aromatic carbocycles. The molecule has 0 atom stereocenters. The Bertz CT molecular complexity index is 323. The Morgan fingerprint density at radius 3 is 1.39 bits per heavy atom. The lowest BCUT2D eigenvalue weighted by molar-refractivity contribution is -0.652. The Balaban J connectivity index is 4.67. The van der Waals surface area contributed by atoms with Gasteiger partial charge in [0.25, 0.3) is 0 Å². The lowest BCUT2D eigenvalue weighted by Gasteiger charge is -2.13. The fourth-order valence-electron chi connectivity index (χ4n) is 0.879. The minimum Gasteiger partial charge on any atom is -0.449 e. The van der Waals surface area contributed by atoms with Crippen molar-refractivity contribution in [3.8, 4) is 0 Å². The molecule has 0 saturated heterocycles. The normalized spacial score (nSPS) is 9.22. The van der Waals surface area contributed by atoms with Crippen molar-refractivity contribution < 1.29 is 29.1 Å². The molecule has 12 heteroatoms. The Morgan fingerprint density at radius 2 is 1.22 bits per heavy atom. The highest BCUT2D eigenvalue weighted by Crippen LogP contribution is 1.98. The summed E-state index contributed by atoms with van der Waals surface area (Å²) < 4.78 is 8.19. The minimum atomic E-state index is -1.31. The maximum absolute atomic E-state index is 10.9. The van der Waals surface area contributed by atoms with Crippen LogP contribution in [0.15, 0.2) is 0 Å². The van der Waals surface area contributed by atoms with Gasteiger partial charge in [-0.3, -0.25) is 0 Å². The maximum atomic E-state index is 10.9. The number of nitrogens with zero attached hydrogens (tertiary/aromatic N) is 4. The van der Waals surface area contributed by atoms with E-state index in [4.69, 9.17) is 0 Å². The van der Waals surface area contributed by atoms with Gasteiger partial charge in [-0.2, -0.15) is 0 Å². The second-order valence-corrected chi connectivity index (χ2v) is 2.66. The number of hydrogen-bond acceptors (Lipinski definition) is 8. The van der Waals surface area contributed by atoms with E-state index in [-0.39, 0.29) is 10.0 Å². The summed E-state index contributed by atoms with van der Waals surface area (Å²) in [5, 5.41) is 18.6. The van der Waals surface area contributed by atoms with E-state index in [2.05, 4.69) is 9.47 Å². The Kier molecular flexibility index (Phi) is 5.81. The van der Waals surface area contributed by atoms with Crippen LogP contribution in [0.3, 0.4) is 0 Å². The van der Waals surface area contributed by atoms with Crippen LogP contribution in [0.5, 0.6) is 0 Å². The Morgan fingerprint density at radius 1 is 0.944 bits per heavy atom. The number of carbonyl (C=O) groups excluding carboxylic acids is 2. The highest BCUT2D eigenvalue weighted by Gasteiger charge is 2.31. The van der Waals surface area contributed by atoms with Gasteiger partial charge in [-0.1, -0.05) is 0 Å². The molecule has 0 rings (SSSR count). The molecule has 0 saturated carbocycles. The third kappa shape index (κ3) is 4.07. The first-order chi connectivity index (χ1) is 8.34. The zero-order valence-corrected chi connectivity index (χ0v) is 9.47. The van der Waals surface area contributed by atoms with Crippen molar-refractivity contribution in [2.24, 2.45) is 0 Å². The van der Waals surface area contributed by atoms with Crippen molar-refractivity contribution in [1.82, 2.24) is 10.0 Å². The van der Waals surface area contributed by atoms with Crippen LogP contribution in [-0.2, 0) is 9.47 Å². The number of hydrogen-bond donors (Lipinski definition) is 0. The van der Waals surface area contributed by atoms with E-state index in [1.165, 1.54) is 0 Å². The third-order valence-corrected chi connectivity index (χ3v) is 1.69. The molecule has 18 heavy (non-hydrogen) atoms. The van der Waals surface area contributed by atoms with E-state index in [1.807, 2.05) is 0 Å². The zero-order chi connectivity index (χ0) is 14.3. The summed E-state index contributed by atoms with van der Waals surface area (Å²) in [6.45, 7) is -1.45. The van der Waals surface area contributed by atoms with E-state index >= 15 is 0 Å². The van der Waals surface area contributed by atoms with Crippen LogP contribution < -0.4 is 0 Å². The number of methoxy groups -OCH3 is 2. The van der Waals surface area contributed by atoms with E-state index in [0.29, 0.717) is 0 Å². The number of nitro groups is 2. The summed E-state index contributed by atoms with van der Waals surface area (Å²) in [6.07, 6.45) is -2.62. The summed E-state index contributed by atoms with van der Waals surface area (Å²) >= 11 is 0. The van der Waals surface area contributed by atoms with Crippen LogP contribution in [-0.4, -0.2) is 59.6 Å². The molecule has 102 valence electrons. The average Bonchev–Trinajstić information content (AvgIpc) is 2.31. The molecule has 0 N–H and O–H groups in total. The van der Waals surface area contributed by atoms with Gasteiger partial charge in [-0.15, -0.1) is 0 Å². The first kappa shape index (κ1) is 15.3. The molecule has 0 spiro atoms. The highest BCUT2D eigenvalue weighted by atomic mass is 16.7. The smallest absolute Gasteiger partial charge is 0.449 e. The van der Waals surface area contributed by atoms with Crippen LogP contribution in [0.1, 0.15) is 0 Å². The molecular formula is C6H10N4O8. The summed E-state index contributed by atoms with van der Waals surface area (Å²) in [7, 11) is 1.81. The van der Waals surface area contributed by atoms with Gasteiger partial charge >= 0.3 is 12.2 Å². The molecule has 0 aromatic heterocycles. The fourth-order valence-corrected chi connectivity index (χ4v) is 0.879. The number of rotatable bonds is 5. The molecule has 0 heterocycles. The van der Waals surface area contributed by atoms with Crippen molar-refractivity contribution in [1.29, 1.82) is 0 Å². The van der Waals surface area contributed by atoms with Gasteiger partial charge in [-0.05, 0) is 10.0 Å². The van der Waals surface area contributed by atoms with Crippen LogP contribution in [0.4, 0.5) is 9.59 Å². The SMILES string of the molecule is COC(=O)N(CCN(C(=O)OC)[N+](=O)[O-])[N+](=O)[O-]. The van der Waals surface area contributed by atoms with Crippen molar-refractivity contribution in [2.45, 2.75) is 0 Å². The molecule has 0 aromatic rings. The topological polar surface area (TPSA) is 145 Å². The van der Waals surface area contributed by atoms with Crippen LogP contribution in [0.2, 0.25) is 0 Å². The van der Waals surface area contributed by atoms with Crippen LogP contribution >= 0.6 is 0 Å². The average molecular weight is 266 g/mol. The quantitative estimate of drug-likeness (QED) is 0.478. The van der Waals surface area contributed by atoms with Gasteiger partial charge in [0, 0.05) is 0 Å². The van der Waals surface area contributed by atoms with Crippen LogP contribution in [0.25, 0.3) is 0 Å². The van der Waals surface area contributed by atoms with E-state index < -0.39 is 35.3 Å². The Labute approximate surface area is 99.9 Å². The lowest BCUT2D eigenvalue weighted by Crippen LogP contribution is -2.45. The predicted octanol–water partition coefficient (Wildman–Crippen LogP) is -0.493. The maximum Gasteiger partial charge on any atom is 0.467 e. The van der Waals surface area contributed by atoms with Gasteiger partial charge in [0.2, 0.25) is 0 Å². The summed E-state index contributed by atoms with van der Waals surface area (Å²) in [4.78, 5) is 42.8. The second-order valence-electron chi connectivity index (χ2n) is 2.66. The van der Waals surface area contributed by atoms with Gasteiger partial charge in [0.05, 0.1) is 14.2 Å². The molecule has 0 aliphatic carbocycles. The fraction of sp³-hybridized carbons (Fsp3) is 0.667. The standard InChI is InChI=1S/C6H10N4O8/c1-17-5(11)7(9(13)14)3-4-8(10(15)16)6(12)18-2/h3-4H2,1-2H3. The highest BCUT2D eigenvalue weighted by molar-refractivity contribution is 5.67. The van der Waals surface area contributed by atoms with Crippen molar-refractivity contribution in [3.05, 3.63) is 20.2 Å². The largest absolute Gasteiger partial charge is 0.467 e. The van der Waals surface area contributed by atoms with Gasteiger partial charge < -0.3 is 9.47 Å². The molecule has 12 nitrogen and oxygen atoms in total. The number of hydrazine groups is 2. The molecule has 0 fully saturated rings. The van der Waals surface area contributed by atoms with Gasteiger partial charge in [-0.25, -0.2) is 29.8 Å². The van der Waals surface area contributed by atoms with E-state index in [0.717, 1.165) is 14.2 Å². The summed E-state index contributed by atoms with van der Waals surface area (Å²) in [5.74, 6) is 0. The molecule has 0 aliphatic rings. The Hall–Kier alpha value is -2.66. The molecule has 0 bridgehead atoms. The van der Waals surface area contributed by atoms with Crippen LogP contribution in [0, 0.1) is 20.2 Å².